The van der Waals surface area contributed by atoms with Crippen LogP contribution in [0.4, 0.5) is 17.3 Å². The number of allylic oxidation sites excluding steroid dienone is 1. The second kappa shape index (κ2) is 8.29. The Morgan fingerprint density at radius 1 is 1.28 bits per heavy atom. The molecule has 0 bridgehead atoms. The van der Waals surface area contributed by atoms with E-state index in [-0.39, 0.29) is 17.3 Å². The van der Waals surface area contributed by atoms with Crippen LogP contribution in [-0.4, -0.2) is 42.9 Å². The van der Waals surface area contributed by atoms with Crippen molar-refractivity contribution in [3.8, 4) is 0 Å². The molecule has 2 aromatic heterocycles. The molecule has 1 aromatic carbocycles. The van der Waals surface area contributed by atoms with Crippen molar-refractivity contribution < 1.29 is 4.92 Å². The average Bonchev–Trinajstić information content (AvgIpc) is 3.28. The van der Waals surface area contributed by atoms with Gasteiger partial charge in [0.15, 0.2) is 0 Å². The molecule has 3 aromatic rings. The van der Waals surface area contributed by atoms with Gasteiger partial charge in [-0.3, -0.25) is 15.8 Å². The van der Waals surface area contributed by atoms with Crippen molar-refractivity contribution in [2.24, 2.45) is 10.7 Å². The van der Waals surface area contributed by atoms with Crippen LogP contribution in [0.25, 0.3) is 5.57 Å². The fourth-order valence-electron chi connectivity index (χ4n) is 3.34. The fourth-order valence-corrected chi connectivity index (χ4v) is 3.46. The van der Waals surface area contributed by atoms with Crippen LogP contribution in [0.3, 0.4) is 0 Å². The zero-order valence-corrected chi connectivity index (χ0v) is 17.7. The first-order valence-corrected chi connectivity index (χ1v) is 10.0. The highest BCUT2D eigenvalue weighted by molar-refractivity contribution is 6.33. The highest BCUT2D eigenvalue weighted by Gasteiger charge is 2.36. The van der Waals surface area contributed by atoms with Crippen LogP contribution in [0.1, 0.15) is 18.3 Å². The Hall–Kier alpha value is -3.96. The number of aliphatic imine (C=N–C) groups is 1. The Balaban J connectivity index is 1.79. The molecule has 0 fully saturated rings. The predicted molar refractivity (Wildman–Crippen MR) is 123 cm³/mol. The number of halogens is 1. The molecule has 3 heterocycles. The van der Waals surface area contributed by atoms with Crippen LogP contribution in [0, 0.1) is 10.1 Å². The van der Waals surface area contributed by atoms with Gasteiger partial charge >= 0.3 is 5.69 Å². The summed E-state index contributed by atoms with van der Waals surface area (Å²) in [6.07, 6.45) is 5.22. The third-order valence-electron chi connectivity index (χ3n) is 4.88. The molecule has 1 aliphatic heterocycles. The standard InChI is InChI=1S/C20H20ClN9O2/c1-2-29-11-14(19-24-9-10-25-19)17(12-3-5-13(21)6-4-12)28-20(29,23)27-16-8-7-15(30(31)32)18(22)26-16/h3-11H,2,23H2,1H3,(H,24,25)(H3,22,26,27). The van der Waals surface area contributed by atoms with E-state index in [1.807, 2.05) is 25.3 Å². The van der Waals surface area contributed by atoms with Gasteiger partial charge < -0.3 is 20.9 Å². The number of nitro groups is 1. The molecule has 1 aliphatic rings. The van der Waals surface area contributed by atoms with E-state index >= 15 is 0 Å². The SMILES string of the molecule is CCN1C=C(c2ncc[nH]2)C(c2ccc(Cl)cc2)=NC1(N)Nc1ccc([N+](=O)[O-])c(N)n1. The Kier molecular flexibility index (Phi) is 5.51. The fraction of sp³-hybridized carbons (Fsp3) is 0.150. The van der Waals surface area contributed by atoms with E-state index < -0.39 is 10.8 Å². The molecular formula is C20H20ClN9O2. The van der Waals surface area contributed by atoms with Crippen LogP contribution in [-0.2, 0) is 0 Å². The maximum Gasteiger partial charge on any atom is 0.311 e. The van der Waals surface area contributed by atoms with E-state index in [2.05, 4.69) is 20.3 Å². The summed E-state index contributed by atoms with van der Waals surface area (Å²) < 4.78 is 0. The first-order chi connectivity index (χ1) is 15.3. The van der Waals surface area contributed by atoms with E-state index in [9.17, 15) is 10.1 Å². The van der Waals surface area contributed by atoms with Crippen molar-refractivity contribution in [1.29, 1.82) is 0 Å². The van der Waals surface area contributed by atoms with Gasteiger partial charge in [-0.15, -0.1) is 0 Å². The number of nitrogen functional groups attached to an aromatic ring is 1. The number of hydrogen-bond donors (Lipinski definition) is 4. The molecule has 1 atom stereocenters. The predicted octanol–water partition coefficient (Wildman–Crippen LogP) is 2.80. The van der Waals surface area contributed by atoms with E-state index in [0.717, 1.165) is 11.1 Å². The molecule has 164 valence electrons. The summed E-state index contributed by atoms with van der Waals surface area (Å²) in [5.41, 5.74) is 14.2. The first-order valence-electron chi connectivity index (χ1n) is 9.63. The number of aromatic nitrogens is 3. The molecule has 0 radical (unpaired) electrons. The van der Waals surface area contributed by atoms with E-state index in [1.54, 1.807) is 29.4 Å². The zero-order chi connectivity index (χ0) is 22.9. The highest BCUT2D eigenvalue weighted by Crippen LogP contribution is 2.30. The minimum atomic E-state index is -1.45. The highest BCUT2D eigenvalue weighted by atomic mass is 35.5. The van der Waals surface area contributed by atoms with Crippen molar-refractivity contribution in [2.75, 3.05) is 17.6 Å². The van der Waals surface area contributed by atoms with Gasteiger partial charge in [0.2, 0.25) is 5.82 Å². The molecule has 12 heteroatoms. The molecule has 32 heavy (non-hydrogen) atoms. The molecule has 0 spiro atoms. The molecule has 11 nitrogen and oxygen atoms in total. The Bertz CT molecular complexity index is 1210. The van der Waals surface area contributed by atoms with Gasteiger partial charge in [-0.1, -0.05) is 23.7 Å². The van der Waals surface area contributed by atoms with Crippen LogP contribution in [0.5, 0.6) is 0 Å². The number of nitrogens with two attached hydrogens (primary N) is 2. The number of rotatable bonds is 6. The molecule has 1 unspecified atom stereocenters. The second-order valence-electron chi connectivity index (χ2n) is 6.94. The number of nitrogens with zero attached hydrogens (tertiary/aromatic N) is 5. The lowest BCUT2D eigenvalue weighted by atomic mass is 10.0. The first kappa shape index (κ1) is 21.3. The second-order valence-corrected chi connectivity index (χ2v) is 7.38. The molecule has 0 aliphatic carbocycles. The number of pyridine rings is 1. The van der Waals surface area contributed by atoms with Crippen LogP contribution < -0.4 is 16.8 Å². The van der Waals surface area contributed by atoms with E-state index in [1.165, 1.54) is 12.1 Å². The molecule has 0 saturated heterocycles. The number of benzene rings is 1. The van der Waals surface area contributed by atoms with Gasteiger partial charge in [0.05, 0.1) is 16.2 Å². The largest absolute Gasteiger partial charge is 0.378 e. The Morgan fingerprint density at radius 2 is 2.03 bits per heavy atom. The summed E-state index contributed by atoms with van der Waals surface area (Å²) in [4.78, 5) is 28.5. The number of hydrogen-bond acceptors (Lipinski definition) is 9. The number of nitrogens with one attached hydrogen (secondary N) is 2. The lowest BCUT2D eigenvalue weighted by molar-refractivity contribution is -0.384. The van der Waals surface area contributed by atoms with Gasteiger partial charge in [-0.25, -0.2) is 15.0 Å². The number of aromatic amines is 1. The lowest BCUT2D eigenvalue weighted by Gasteiger charge is -2.41. The van der Waals surface area contributed by atoms with Crippen LogP contribution in [0.15, 0.2) is 60.0 Å². The van der Waals surface area contributed by atoms with Crippen LogP contribution in [0.2, 0.25) is 5.02 Å². The lowest BCUT2D eigenvalue weighted by Crippen LogP contribution is -2.60. The Morgan fingerprint density at radius 3 is 2.62 bits per heavy atom. The summed E-state index contributed by atoms with van der Waals surface area (Å²) in [5.74, 6) is -0.814. The summed E-state index contributed by atoms with van der Waals surface area (Å²) in [6, 6.07) is 9.89. The van der Waals surface area contributed by atoms with Crippen molar-refractivity contribution in [1.82, 2.24) is 19.9 Å². The van der Waals surface area contributed by atoms with Crippen molar-refractivity contribution >= 4 is 40.2 Å². The van der Waals surface area contributed by atoms with Gasteiger partial charge in [-0.2, -0.15) is 0 Å². The molecule has 6 N–H and O–H groups in total. The van der Waals surface area contributed by atoms with E-state index in [4.69, 9.17) is 28.1 Å². The maximum atomic E-state index is 11.0. The molecule has 0 saturated carbocycles. The topological polar surface area (TPSA) is 164 Å². The number of anilines is 2. The molecule has 4 rings (SSSR count). The third kappa shape index (κ3) is 3.98. The molecular weight excluding hydrogens is 434 g/mol. The quantitative estimate of drug-likeness (QED) is 0.251. The maximum absolute atomic E-state index is 11.0. The number of H-pyrrole nitrogens is 1. The van der Waals surface area contributed by atoms with Crippen LogP contribution >= 0.6 is 11.6 Å². The summed E-state index contributed by atoms with van der Waals surface area (Å²) >= 11 is 6.06. The van der Waals surface area contributed by atoms with Crippen molar-refractivity contribution in [3.63, 3.8) is 0 Å². The smallest absolute Gasteiger partial charge is 0.311 e. The third-order valence-corrected chi connectivity index (χ3v) is 5.13. The number of imidazole rings is 1. The summed E-state index contributed by atoms with van der Waals surface area (Å²) in [5, 5.41) is 14.7. The minimum absolute atomic E-state index is 0.226. The zero-order valence-electron chi connectivity index (χ0n) is 17.0. The summed E-state index contributed by atoms with van der Waals surface area (Å²) in [7, 11) is 0. The normalized spacial score (nSPS) is 18.2. The van der Waals surface area contributed by atoms with Gasteiger partial charge in [0, 0.05) is 41.8 Å². The Labute approximate surface area is 188 Å². The van der Waals surface area contributed by atoms with Gasteiger partial charge in [0.1, 0.15) is 11.6 Å². The molecule has 0 amide bonds. The minimum Gasteiger partial charge on any atom is -0.378 e. The monoisotopic (exact) mass is 453 g/mol. The average molecular weight is 454 g/mol. The van der Waals surface area contributed by atoms with Gasteiger partial charge in [-0.05, 0) is 25.1 Å². The van der Waals surface area contributed by atoms with Gasteiger partial charge in [0.25, 0.3) is 5.91 Å². The van der Waals surface area contributed by atoms with Crippen molar-refractivity contribution in [3.05, 3.63) is 81.5 Å². The van der Waals surface area contributed by atoms with E-state index in [0.29, 0.717) is 23.1 Å². The summed E-state index contributed by atoms with van der Waals surface area (Å²) in [6.45, 7) is 2.41. The van der Waals surface area contributed by atoms with Crippen molar-refractivity contribution in [2.45, 2.75) is 12.8 Å².